The lowest BCUT2D eigenvalue weighted by Gasteiger charge is -2.43. The second-order valence-electron chi connectivity index (χ2n) is 6.73. The quantitative estimate of drug-likeness (QED) is 0.798. The first-order valence-corrected chi connectivity index (χ1v) is 10.6. The molecule has 2 fully saturated rings. The number of thioether (sulfide) groups is 1. The van der Waals surface area contributed by atoms with Crippen LogP contribution in [0.1, 0.15) is 31.2 Å². The number of carbonyl (C=O) groups is 1. The van der Waals surface area contributed by atoms with Crippen LogP contribution in [0, 0.1) is 5.82 Å². The first-order chi connectivity index (χ1) is 11.6. The summed E-state index contributed by atoms with van der Waals surface area (Å²) in [5.41, 5.74) is 0.982. The topological polar surface area (TPSA) is 32.3 Å². The number of benzene rings is 1. The van der Waals surface area contributed by atoms with Gasteiger partial charge >= 0.3 is 0 Å². The van der Waals surface area contributed by atoms with Crippen LogP contribution in [0.5, 0.6) is 0 Å². The van der Waals surface area contributed by atoms with E-state index in [1.165, 1.54) is 43.3 Å². The normalized spacial score (nSPS) is 20.9. The van der Waals surface area contributed by atoms with Crippen molar-refractivity contribution in [1.29, 1.82) is 0 Å². The number of nitrogens with one attached hydrogen (secondary N) is 1. The summed E-state index contributed by atoms with van der Waals surface area (Å²) in [4.78, 5) is 15.0. The van der Waals surface area contributed by atoms with Crippen molar-refractivity contribution in [3.05, 3.63) is 34.1 Å². The summed E-state index contributed by atoms with van der Waals surface area (Å²) in [6.07, 6.45) is 5.17. The molecule has 1 aliphatic carbocycles. The molecule has 1 aliphatic heterocycles. The van der Waals surface area contributed by atoms with Crippen molar-refractivity contribution in [1.82, 2.24) is 10.2 Å². The largest absolute Gasteiger partial charge is 0.354 e. The fraction of sp³-hybridized carbons (Fsp3) is 0.611. The van der Waals surface area contributed by atoms with E-state index in [2.05, 4.69) is 26.1 Å². The fourth-order valence-electron chi connectivity index (χ4n) is 3.84. The van der Waals surface area contributed by atoms with Crippen LogP contribution < -0.4 is 5.32 Å². The van der Waals surface area contributed by atoms with Gasteiger partial charge < -0.3 is 5.32 Å². The summed E-state index contributed by atoms with van der Waals surface area (Å²) in [5.74, 6) is 2.11. The lowest BCUT2D eigenvalue weighted by Crippen LogP contribution is -2.56. The summed E-state index contributed by atoms with van der Waals surface area (Å²) in [6, 6.07) is 4.76. The first kappa shape index (κ1) is 18.2. The number of amides is 1. The zero-order valence-electron chi connectivity index (χ0n) is 13.8. The molecule has 3 nitrogen and oxygen atoms in total. The maximum atomic E-state index is 13.3. The second kappa shape index (κ2) is 8.19. The van der Waals surface area contributed by atoms with Gasteiger partial charge in [0.05, 0.1) is 10.9 Å². The van der Waals surface area contributed by atoms with E-state index in [1.54, 1.807) is 12.1 Å². The number of rotatable bonds is 5. The molecule has 0 spiro atoms. The van der Waals surface area contributed by atoms with Crippen molar-refractivity contribution in [2.75, 3.05) is 31.1 Å². The van der Waals surface area contributed by atoms with E-state index in [0.717, 1.165) is 25.2 Å². The molecule has 24 heavy (non-hydrogen) atoms. The number of hydrogen-bond donors (Lipinski definition) is 1. The fourth-order valence-corrected chi connectivity index (χ4v) is 5.17. The molecule has 3 rings (SSSR count). The van der Waals surface area contributed by atoms with Crippen molar-refractivity contribution in [3.8, 4) is 0 Å². The van der Waals surface area contributed by atoms with Crippen molar-refractivity contribution >= 4 is 33.6 Å². The molecular weight excluding hydrogens is 391 g/mol. The summed E-state index contributed by atoms with van der Waals surface area (Å²) in [5, 5.41) is 3.15. The highest BCUT2D eigenvalue weighted by atomic mass is 79.9. The van der Waals surface area contributed by atoms with Crippen LogP contribution in [0.2, 0.25) is 0 Å². The molecule has 1 aromatic carbocycles. The second-order valence-corrected chi connectivity index (χ2v) is 8.81. The molecule has 1 saturated carbocycles. The third-order valence-electron chi connectivity index (χ3n) is 5.18. The van der Waals surface area contributed by atoms with Gasteiger partial charge in [0.2, 0.25) is 5.91 Å². The predicted octanol–water partition coefficient (Wildman–Crippen LogP) is 3.61. The van der Waals surface area contributed by atoms with Gasteiger partial charge in [0, 0.05) is 36.7 Å². The van der Waals surface area contributed by atoms with Crippen LogP contribution in [-0.2, 0) is 11.2 Å². The Morgan fingerprint density at radius 2 is 2.00 bits per heavy atom. The van der Waals surface area contributed by atoms with Gasteiger partial charge in [-0.3, -0.25) is 9.69 Å². The maximum absolute atomic E-state index is 13.3. The molecule has 0 aromatic heterocycles. The van der Waals surface area contributed by atoms with Gasteiger partial charge in [-0.05, 0) is 46.5 Å². The van der Waals surface area contributed by atoms with Crippen molar-refractivity contribution in [3.63, 3.8) is 0 Å². The lowest BCUT2D eigenvalue weighted by molar-refractivity contribution is -0.121. The minimum absolute atomic E-state index is 0.0196. The molecule has 0 unspecified atom stereocenters. The summed E-state index contributed by atoms with van der Waals surface area (Å²) >= 11 is 5.19. The maximum Gasteiger partial charge on any atom is 0.224 e. The average molecular weight is 415 g/mol. The molecule has 0 radical (unpaired) electrons. The van der Waals surface area contributed by atoms with E-state index in [4.69, 9.17) is 0 Å². The highest BCUT2D eigenvalue weighted by molar-refractivity contribution is 9.10. The minimum atomic E-state index is -0.299. The molecule has 2 aliphatic rings. The Labute approximate surface area is 155 Å². The Hall–Kier alpha value is -0.590. The van der Waals surface area contributed by atoms with Gasteiger partial charge in [-0.15, -0.1) is 0 Å². The van der Waals surface area contributed by atoms with Crippen LogP contribution in [0.25, 0.3) is 0 Å². The molecule has 6 heteroatoms. The van der Waals surface area contributed by atoms with Crippen LogP contribution in [-0.4, -0.2) is 47.5 Å². The molecule has 132 valence electrons. The Morgan fingerprint density at radius 1 is 1.29 bits per heavy atom. The zero-order valence-corrected chi connectivity index (χ0v) is 16.2. The lowest BCUT2D eigenvalue weighted by atomic mass is 9.94. The molecular formula is C18H24BrFN2OS. The molecule has 1 aromatic rings. The number of carbonyl (C=O) groups excluding carboxylic acids is 1. The number of nitrogens with zero attached hydrogens (tertiary/aromatic N) is 1. The summed E-state index contributed by atoms with van der Waals surface area (Å²) < 4.78 is 13.7. The summed E-state index contributed by atoms with van der Waals surface area (Å²) in [6.45, 7) is 3.00. The van der Waals surface area contributed by atoms with E-state index in [1.807, 2.05) is 11.8 Å². The van der Waals surface area contributed by atoms with Gasteiger partial charge in [0.15, 0.2) is 0 Å². The van der Waals surface area contributed by atoms with E-state index < -0.39 is 0 Å². The van der Waals surface area contributed by atoms with Gasteiger partial charge in [0.25, 0.3) is 0 Å². The summed E-state index contributed by atoms with van der Waals surface area (Å²) in [7, 11) is 0. The van der Waals surface area contributed by atoms with Gasteiger partial charge in [-0.2, -0.15) is 11.8 Å². The van der Waals surface area contributed by atoms with E-state index >= 15 is 0 Å². The van der Waals surface area contributed by atoms with E-state index in [0.29, 0.717) is 10.9 Å². The predicted molar refractivity (Wildman–Crippen MR) is 101 cm³/mol. The minimum Gasteiger partial charge on any atom is -0.354 e. The first-order valence-electron chi connectivity index (χ1n) is 8.62. The Morgan fingerprint density at radius 3 is 2.67 bits per heavy atom. The monoisotopic (exact) mass is 414 g/mol. The molecule has 1 amide bonds. The van der Waals surface area contributed by atoms with Crippen LogP contribution >= 0.6 is 27.7 Å². The van der Waals surface area contributed by atoms with Crippen LogP contribution in [0.4, 0.5) is 4.39 Å². The van der Waals surface area contributed by atoms with Crippen LogP contribution in [0.15, 0.2) is 22.7 Å². The van der Waals surface area contributed by atoms with Crippen LogP contribution in [0.3, 0.4) is 0 Å². The van der Waals surface area contributed by atoms with Crippen molar-refractivity contribution in [2.45, 2.75) is 37.6 Å². The number of halogens is 2. The van der Waals surface area contributed by atoms with E-state index in [-0.39, 0.29) is 17.3 Å². The number of hydrogen-bond acceptors (Lipinski definition) is 3. The third kappa shape index (κ3) is 4.33. The Bertz CT molecular complexity index is 586. The van der Waals surface area contributed by atoms with Crippen molar-refractivity contribution in [2.24, 2.45) is 0 Å². The molecule has 1 saturated heterocycles. The van der Waals surface area contributed by atoms with Gasteiger partial charge in [0.1, 0.15) is 5.82 Å². The Balaban J connectivity index is 1.57. The molecule has 1 heterocycles. The van der Waals surface area contributed by atoms with E-state index in [9.17, 15) is 9.18 Å². The Kier molecular flexibility index (Phi) is 6.22. The highest BCUT2D eigenvalue weighted by Crippen LogP contribution is 2.36. The van der Waals surface area contributed by atoms with Crippen molar-refractivity contribution < 1.29 is 9.18 Å². The third-order valence-corrected chi connectivity index (χ3v) is 6.73. The average Bonchev–Trinajstić information content (AvgIpc) is 3.07. The SMILES string of the molecule is O=C(Cc1ccc(F)c(Br)c1)NCC1(N2CCSCC2)CCCC1. The molecule has 1 N–H and O–H groups in total. The standard InChI is InChI=1S/C18H24BrFN2OS/c19-15-11-14(3-4-16(15)20)12-17(23)21-13-18(5-1-2-6-18)22-7-9-24-10-8-22/h3-4,11H,1-2,5-10,12-13H2,(H,21,23). The zero-order chi connectivity index (χ0) is 17.0. The van der Waals surface area contributed by atoms with Gasteiger partial charge in [-0.1, -0.05) is 18.9 Å². The van der Waals surface area contributed by atoms with Gasteiger partial charge in [-0.25, -0.2) is 4.39 Å². The molecule has 0 bridgehead atoms. The molecule has 0 atom stereocenters. The smallest absolute Gasteiger partial charge is 0.224 e. The highest BCUT2D eigenvalue weighted by Gasteiger charge is 2.40.